The van der Waals surface area contributed by atoms with E-state index in [1.54, 1.807) is 24.4 Å². The van der Waals surface area contributed by atoms with E-state index in [-0.39, 0.29) is 6.04 Å². The van der Waals surface area contributed by atoms with E-state index in [0.29, 0.717) is 10.0 Å². The highest BCUT2D eigenvalue weighted by molar-refractivity contribution is 6.33. The summed E-state index contributed by atoms with van der Waals surface area (Å²) in [5.74, 6) is 0. The van der Waals surface area contributed by atoms with Gasteiger partial charge in [-0.15, -0.1) is 0 Å². The molecule has 2 N–H and O–H groups in total. The number of aromatic nitrogens is 2. The quantitative estimate of drug-likeness (QED) is 0.931. The zero-order valence-corrected chi connectivity index (χ0v) is 11.6. The van der Waals surface area contributed by atoms with E-state index >= 15 is 0 Å². The molecule has 1 unspecified atom stereocenters. The molecule has 1 aromatic heterocycles. The van der Waals surface area contributed by atoms with Crippen molar-refractivity contribution in [1.29, 1.82) is 0 Å². The first kappa shape index (κ1) is 13.4. The fourth-order valence-corrected chi connectivity index (χ4v) is 2.33. The second-order valence-corrected chi connectivity index (χ2v) is 4.97. The van der Waals surface area contributed by atoms with E-state index in [0.717, 1.165) is 24.2 Å². The Morgan fingerprint density at radius 1 is 1.33 bits per heavy atom. The van der Waals surface area contributed by atoms with Gasteiger partial charge in [-0.3, -0.25) is 4.68 Å². The SMILES string of the molecule is CCCn1nccc1C(N)c1cc(Cl)ccc1Cl. The number of nitrogens with zero attached hydrogens (tertiary/aromatic N) is 2. The van der Waals surface area contributed by atoms with Gasteiger partial charge < -0.3 is 5.73 Å². The molecule has 18 heavy (non-hydrogen) atoms. The van der Waals surface area contributed by atoms with Crippen LogP contribution in [0.2, 0.25) is 10.0 Å². The lowest BCUT2D eigenvalue weighted by atomic mass is 10.0. The molecule has 2 rings (SSSR count). The van der Waals surface area contributed by atoms with Crippen LogP contribution in [0.5, 0.6) is 0 Å². The lowest BCUT2D eigenvalue weighted by molar-refractivity contribution is 0.560. The van der Waals surface area contributed by atoms with Crippen molar-refractivity contribution in [3.05, 3.63) is 51.8 Å². The largest absolute Gasteiger partial charge is 0.319 e. The van der Waals surface area contributed by atoms with Crippen molar-refractivity contribution < 1.29 is 0 Å². The normalized spacial score (nSPS) is 12.7. The maximum Gasteiger partial charge on any atom is 0.0738 e. The molecule has 0 radical (unpaired) electrons. The summed E-state index contributed by atoms with van der Waals surface area (Å²) in [6.07, 6.45) is 2.76. The highest BCUT2D eigenvalue weighted by Crippen LogP contribution is 2.29. The molecule has 0 aliphatic rings. The smallest absolute Gasteiger partial charge is 0.0738 e. The predicted molar refractivity (Wildman–Crippen MR) is 75.0 cm³/mol. The first-order chi connectivity index (χ1) is 8.63. The summed E-state index contributed by atoms with van der Waals surface area (Å²) < 4.78 is 1.90. The molecule has 0 aliphatic heterocycles. The summed E-state index contributed by atoms with van der Waals surface area (Å²) in [7, 11) is 0. The second-order valence-electron chi connectivity index (χ2n) is 4.12. The Balaban J connectivity index is 2.38. The van der Waals surface area contributed by atoms with Gasteiger partial charge in [0.05, 0.1) is 11.7 Å². The van der Waals surface area contributed by atoms with Gasteiger partial charge in [-0.05, 0) is 36.2 Å². The van der Waals surface area contributed by atoms with Gasteiger partial charge in [-0.2, -0.15) is 5.10 Å². The predicted octanol–water partition coefficient (Wildman–Crippen LogP) is 3.65. The molecule has 0 amide bonds. The van der Waals surface area contributed by atoms with Gasteiger partial charge in [-0.1, -0.05) is 30.1 Å². The summed E-state index contributed by atoms with van der Waals surface area (Å²) >= 11 is 12.2. The van der Waals surface area contributed by atoms with Crippen molar-refractivity contribution >= 4 is 23.2 Å². The molecule has 0 fully saturated rings. The van der Waals surface area contributed by atoms with Crippen molar-refractivity contribution in [1.82, 2.24) is 9.78 Å². The third-order valence-corrected chi connectivity index (χ3v) is 3.38. The van der Waals surface area contributed by atoms with Crippen molar-refractivity contribution in [3.8, 4) is 0 Å². The van der Waals surface area contributed by atoms with Gasteiger partial charge in [0.2, 0.25) is 0 Å². The topological polar surface area (TPSA) is 43.8 Å². The average Bonchev–Trinajstić information content (AvgIpc) is 2.80. The lowest BCUT2D eigenvalue weighted by Crippen LogP contribution is -2.18. The maximum absolute atomic E-state index is 6.26. The standard InChI is InChI=1S/C13H15Cl2N3/c1-2-7-18-12(5-6-17-18)13(16)10-8-9(14)3-4-11(10)15/h3-6,8,13H,2,7,16H2,1H3. The van der Waals surface area contributed by atoms with Gasteiger partial charge in [-0.25, -0.2) is 0 Å². The van der Waals surface area contributed by atoms with E-state index in [1.165, 1.54) is 0 Å². The van der Waals surface area contributed by atoms with Crippen LogP contribution in [0.15, 0.2) is 30.5 Å². The van der Waals surface area contributed by atoms with Crippen LogP contribution in [0.3, 0.4) is 0 Å². The molecule has 5 heteroatoms. The number of halogens is 2. The van der Waals surface area contributed by atoms with Gasteiger partial charge in [0, 0.05) is 22.8 Å². The zero-order valence-electron chi connectivity index (χ0n) is 10.1. The van der Waals surface area contributed by atoms with Crippen LogP contribution in [-0.2, 0) is 6.54 Å². The molecule has 0 spiro atoms. The van der Waals surface area contributed by atoms with E-state index in [9.17, 15) is 0 Å². The third-order valence-electron chi connectivity index (χ3n) is 2.80. The van der Waals surface area contributed by atoms with Crippen molar-refractivity contribution in [3.63, 3.8) is 0 Å². The first-order valence-corrected chi connectivity index (χ1v) is 6.61. The van der Waals surface area contributed by atoms with Gasteiger partial charge in [0.15, 0.2) is 0 Å². The van der Waals surface area contributed by atoms with Crippen LogP contribution in [0, 0.1) is 0 Å². The Kier molecular flexibility index (Phi) is 4.27. The molecule has 1 heterocycles. The molecule has 96 valence electrons. The van der Waals surface area contributed by atoms with Crippen LogP contribution in [0.25, 0.3) is 0 Å². The molecule has 3 nitrogen and oxygen atoms in total. The maximum atomic E-state index is 6.26. The third kappa shape index (κ3) is 2.69. The molecular formula is C13H15Cl2N3. The Morgan fingerprint density at radius 2 is 2.11 bits per heavy atom. The molecule has 0 bridgehead atoms. The summed E-state index contributed by atoms with van der Waals surface area (Å²) in [4.78, 5) is 0. The summed E-state index contributed by atoms with van der Waals surface area (Å²) in [6, 6.07) is 6.92. The highest BCUT2D eigenvalue weighted by atomic mass is 35.5. The van der Waals surface area contributed by atoms with Crippen LogP contribution in [0.4, 0.5) is 0 Å². The molecule has 0 aliphatic carbocycles. The van der Waals surface area contributed by atoms with Gasteiger partial charge in [0.25, 0.3) is 0 Å². The van der Waals surface area contributed by atoms with E-state index in [2.05, 4.69) is 12.0 Å². The van der Waals surface area contributed by atoms with E-state index in [1.807, 2.05) is 10.7 Å². The average molecular weight is 284 g/mol. The number of nitrogens with two attached hydrogens (primary N) is 1. The van der Waals surface area contributed by atoms with Gasteiger partial charge >= 0.3 is 0 Å². The number of hydrogen-bond donors (Lipinski definition) is 1. The van der Waals surface area contributed by atoms with Crippen LogP contribution in [0.1, 0.15) is 30.6 Å². The monoisotopic (exact) mass is 283 g/mol. The second kappa shape index (κ2) is 5.74. The minimum absolute atomic E-state index is 0.315. The molecular weight excluding hydrogens is 269 g/mol. The van der Waals surface area contributed by atoms with Crippen molar-refractivity contribution in [2.75, 3.05) is 0 Å². The summed E-state index contributed by atoms with van der Waals surface area (Å²) in [6.45, 7) is 2.94. The Morgan fingerprint density at radius 3 is 2.83 bits per heavy atom. The molecule has 2 aromatic rings. The molecule has 0 saturated carbocycles. The molecule has 1 atom stereocenters. The first-order valence-electron chi connectivity index (χ1n) is 5.85. The molecule has 0 saturated heterocycles. The lowest BCUT2D eigenvalue weighted by Gasteiger charge is -2.16. The minimum Gasteiger partial charge on any atom is -0.319 e. The summed E-state index contributed by atoms with van der Waals surface area (Å²) in [5, 5.41) is 5.52. The zero-order chi connectivity index (χ0) is 13.1. The van der Waals surface area contributed by atoms with E-state index < -0.39 is 0 Å². The van der Waals surface area contributed by atoms with Crippen molar-refractivity contribution in [2.45, 2.75) is 25.9 Å². The van der Waals surface area contributed by atoms with Crippen LogP contribution >= 0.6 is 23.2 Å². The van der Waals surface area contributed by atoms with Crippen LogP contribution < -0.4 is 5.73 Å². The number of aryl methyl sites for hydroxylation is 1. The Labute approximate surface area is 117 Å². The summed E-state index contributed by atoms with van der Waals surface area (Å²) in [5.41, 5.74) is 8.02. The Hall–Kier alpha value is -1.03. The number of hydrogen-bond acceptors (Lipinski definition) is 2. The minimum atomic E-state index is -0.315. The fraction of sp³-hybridized carbons (Fsp3) is 0.308. The van der Waals surface area contributed by atoms with Crippen LogP contribution in [-0.4, -0.2) is 9.78 Å². The molecule has 1 aromatic carbocycles. The van der Waals surface area contributed by atoms with Crippen molar-refractivity contribution in [2.24, 2.45) is 5.73 Å². The Bertz CT molecular complexity index is 537. The fourth-order valence-electron chi connectivity index (χ4n) is 1.92. The highest BCUT2D eigenvalue weighted by Gasteiger charge is 2.16. The number of benzene rings is 1. The van der Waals surface area contributed by atoms with E-state index in [4.69, 9.17) is 28.9 Å². The number of rotatable bonds is 4. The van der Waals surface area contributed by atoms with Gasteiger partial charge in [0.1, 0.15) is 0 Å².